The molecule has 158 valence electrons. The van der Waals surface area contributed by atoms with Crippen LogP contribution in [0.3, 0.4) is 0 Å². The molecule has 6 nitrogen and oxygen atoms in total. The Labute approximate surface area is 177 Å². The van der Waals surface area contributed by atoms with Crippen LogP contribution in [0.1, 0.15) is 39.9 Å². The maximum absolute atomic E-state index is 12.7. The molecule has 1 saturated heterocycles. The molecule has 1 aliphatic rings. The standard InChI is InChI=1S/C24H28N2O4/c1-16-8-9-18(3)21(14-16)25-22(27)15-30-24(29)19-10-12-26(13-11-19)23(28)20-7-5-4-6-17(20)2/h4-9,14,19H,10-13,15H2,1-3H3,(H,25,27). The van der Waals surface area contributed by atoms with Gasteiger partial charge in [-0.05, 0) is 62.4 Å². The number of nitrogens with one attached hydrogen (secondary N) is 1. The number of benzene rings is 2. The van der Waals surface area contributed by atoms with Crippen LogP contribution in [-0.4, -0.2) is 42.4 Å². The number of esters is 1. The highest BCUT2D eigenvalue weighted by atomic mass is 16.5. The van der Waals surface area contributed by atoms with E-state index in [4.69, 9.17) is 4.74 Å². The number of nitrogens with zero attached hydrogens (tertiary/aromatic N) is 1. The van der Waals surface area contributed by atoms with E-state index in [2.05, 4.69) is 5.32 Å². The maximum Gasteiger partial charge on any atom is 0.309 e. The van der Waals surface area contributed by atoms with Crippen molar-refractivity contribution >= 4 is 23.5 Å². The van der Waals surface area contributed by atoms with Gasteiger partial charge in [-0.15, -0.1) is 0 Å². The van der Waals surface area contributed by atoms with E-state index >= 15 is 0 Å². The largest absolute Gasteiger partial charge is 0.455 e. The van der Waals surface area contributed by atoms with E-state index in [0.29, 0.717) is 31.5 Å². The van der Waals surface area contributed by atoms with Crippen molar-refractivity contribution in [3.8, 4) is 0 Å². The number of rotatable bonds is 5. The Hall–Kier alpha value is -3.15. The van der Waals surface area contributed by atoms with Crippen LogP contribution in [0, 0.1) is 26.7 Å². The Morgan fingerprint density at radius 1 is 1.00 bits per heavy atom. The lowest BCUT2D eigenvalue weighted by Gasteiger charge is -2.31. The molecule has 0 aromatic heterocycles. The van der Waals surface area contributed by atoms with Gasteiger partial charge in [0.25, 0.3) is 11.8 Å². The summed E-state index contributed by atoms with van der Waals surface area (Å²) in [4.78, 5) is 39.0. The first-order valence-electron chi connectivity index (χ1n) is 10.2. The molecule has 0 saturated carbocycles. The van der Waals surface area contributed by atoms with E-state index in [0.717, 1.165) is 22.4 Å². The second-order valence-corrected chi connectivity index (χ2v) is 7.86. The molecule has 3 rings (SSSR count). The van der Waals surface area contributed by atoms with Crippen LogP contribution in [0.5, 0.6) is 0 Å². The molecule has 2 aromatic rings. The predicted octanol–water partition coefficient (Wildman–Crippen LogP) is 3.65. The summed E-state index contributed by atoms with van der Waals surface area (Å²) in [6, 6.07) is 13.3. The highest BCUT2D eigenvalue weighted by Gasteiger charge is 2.29. The molecular formula is C24H28N2O4. The van der Waals surface area contributed by atoms with Crippen molar-refractivity contribution in [2.45, 2.75) is 33.6 Å². The first-order chi connectivity index (χ1) is 14.3. The van der Waals surface area contributed by atoms with E-state index < -0.39 is 0 Å². The topological polar surface area (TPSA) is 75.7 Å². The summed E-state index contributed by atoms with van der Waals surface area (Å²) >= 11 is 0. The zero-order valence-electron chi connectivity index (χ0n) is 17.7. The van der Waals surface area contributed by atoms with Crippen molar-refractivity contribution in [1.82, 2.24) is 4.90 Å². The number of hydrogen-bond donors (Lipinski definition) is 1. The molecule has 0 spiro atoms. The number of anilines is 1. The number of carbonyl (C=O) groups excluding carboxylic acids is 3. The Morgan fingerprint density at radius 2 is 1.70 bits per heavy atom. The monoisotopic (exact) mass is 408 g/mol. The average Bonchev–Trinajstić information content (AvgIpc) is 2.74. The van der Waals surface area contributed by atoms with Crippen molar-refractivity contribution in [3.63, 3.8) is 0 Å². The summed E-state index contributed by atoms with van der Waals surface area (Å²) in [7, 11) is 0. The van der Waals surface area contributed by atoms with Crippen LogP contribution in [-0.2, 0) is 14.3 Å². The zero-order chi connectivity index (χ0) is 21.7. The van der Waals surface area contributed by atoms with Gasteiger partial charge in [0.2, 0.25) is 0 Å². The van der Waals surface area contributed by atoms with Crippen molar-refractivity contribution < 1.29 is 19.1 Å². The van der Waals surface area contributed by atoms with Crippen LogP contribution in [0.4, 0.5) is 5.69 Å². The molecule has 2 amide bonds. The molecular weight excluding hydrogens is 380 g/mol. The third kappa shape index (κ3) is 5.26. The van der Waals surface area contributed by atoms with E-state index in [9.17, 15) is 14.4 Å². The van der Waals surface area contributed by atoms with E-state index in [-0.39, 0.29) is 30.3 Å². The first kappa shape index (κ1) is 21.6. The summed E-state index contributed by atoms with van der Waals surface area (Å²) < 4.78 is 5.23. The van der Waals surface area contributed by atoms with Gasteiger partial charge in [0.1, 0.15) is 0 Å². The fourth-order valence-corrected chi connectivity index (χ4v) is 3.61. The maximum atomic E-state index is 12.7. The van der Waals surface area contributed by atoms with Crippen LogP contribution in [0.25, 0.3) is 0 Å². The van der Waals surface area contributed by atoms with Crippen LogP contribution in [0.15, 0.2) is 42.5 Å². The average molecular weight is 408 g/mol. The molecule has 1 N–H and O–H groups in total. The zero-order valence-corrected chi connectivity index (χ0v) is 17.7. The summed E-state index contributed by atoms with van der Waals surface area (Å²) in [6.07, 6.45) is 1.07. The number of amides is 2. The first-order valence-corrected chi connectivity index (χ1v) is 10.2. The summed E-state index contributed by atoms with van der Waals surface area (Å²) in [6.45, 7) is 6.47. The van der Waals surface area contributed by atoms with Gasteiger partial charge < -0.3 is 15.0 Å². The van der Waals surface area contributed by atoms with Gasteiger partial charge in [-0.2, -0.15) is 0 Å². The van der Waals surface area contributed by atoms with Gasteiger partial charge in [0, 0.05) is 24.3 Å². The number of likely N-dealkylation sites (tertiary alicyclic amines) is 1. The lowest BCUT2D eigenvalue weighted by atomic mass is 9.96. The minimum Gasteiger partial charge on any atom is -0.455 e. The Morgan fingerprint density at radius 3 is 2.40 bits per heavy atom. The summed E-state index contributed by atoms with van der Waals surface area (Å²) in [5.74, 6) is -1.04. The third-order valence-corrected chi connectivity index (χ3v) is 5.50. The SMILES string of the molecule is Cc1ccc(C)c(NC(=O)COC(=O)C2CCN(C(=O)c3ccccc3C)CC2)c1. The number of aryl methyl sites for hydroxylation is 3. The van der Waals surface area contributed by atoms with Crippen molar-refractivity contribution in [3.05, 3.63) is 64.7 Å². The molecule has 1 aliphatic heterocycles. The lowest BCUT2D eigenvalue weighted by Crippen LogP contribution is -2.41. The molecule has 30 heavy (non-hydrogen) atoms. The van der Waals surface area contributed by atoms with Crippen molar-refractivity contribution in [2.24, 2.45) is 5.92 Å². The van der Waals surface area contributed by atoms with Gasteiger partial charge in [-0.3, -0.25) is 14.4 Å². The summed E-state index contributed by atoms with van der Waals surface area (Å²) in [5, 5.41) is 2.79. The molecule has 1 heterocycles. The molecule has 0 unspecified atom stereocenters. The molecule has 1 fully saturated rings. The van der Waals surface area contributed by atoms with Crippen molar-refractivity contribution in [2.75, 3.05) is 25.0 Å². The second kappa shape index (κ2) is 9.57. The molecule has 0 aliphatic carbocycles. The number of ether oxygens (including phenoxy) is 1. The Balaban J connectivity index is 1.46. The Kier molecular flexibility index (Phi) is 6.87. The molecule has 0 atom stereocenters. The van der Waals surface area contributed by atoms with Gasteiger partial charge in [-0.1, -0.05) is 30.3 Å². The fraction of sp³-hybridized carbons (Fsp3) is 0.375. The van der Waals surface area contributed by atoms with Gasteiger partial charge in [0.15, 0.2) is 6.61 Å². The predicted molar refractivity (Wildman–Crippen MR) is 115 cm³/mol. The quantitative estimate of drug-likeness (QED) is 0.767. The van der Waals surface area contributed by atoms with Crippen LogP contribution in [0.2, 0.25) is 0 Å². The van der Waals surface area contributed by atoms with Crippen molar-refractivity contribution in [1.29, 1.82) is 0 Å². The minimum atomic E-state index is -0.380. The molecule has 0 bridgehead atoms. The second-order valence-electron chi connectivity index (χ2n) is 7.86. The number of piperidine rings is 1. The van der Waals surface area contributed by atoms with Crippen LogP contribution >= 0.6 is 0 Å². The molecule has 0 radical (unpaired) electrons. The third-order valence-electron chi connectivity index (χ3n) is 5.50. The fourth-order valence-electron chi connectivity index (χ4n) is 3.61. The van der Waals surface area contributed by atoms with Gasteiger partial charge in [0.05, 0.1) is 5.92 Å². The lowest BCUT2D eigenvalue weighted by molar-refractivity contribution is -0.152. The minimum absolute atomic E-state index is 0.00665. The molecule has 6 heteroatoms. The van der Waals surface area contributed by atoms with E-state index in [1.54, 1.807) is 4.90 Å². The van der Waals surface area contributed by atoms with Gasteiger partial charge in [-0.25, -0.2) is 0 Å². The highest BCUT2D eigenvalue weighted by Crippen LogP contribution is 2.22. The van der Waals surface area contributed by atoms with E-state index in [1.807, 2.05) is 63.2 Å². The van der Waals surface area contributed by atoms with Gasteiger partial charge >= 0.3 is 5.97 Å². The molecule has 2 aromatic carbocycles. The number of carbonyl (C=O) groups is 3. The Bertz CT molecular complexity index is 946. The number of hydrogen-bond acceptors (Lipinski definition) is 4. The normalized spacial score (nSPS) is 14.3. The summed E-state index contributed by atoms with van der Waals surface area (Å²) in [5.41, 5.74) is 4.35. The smallest absolute Gasteiger partial charge is 0.309 e. The van der Waals surface area contributed by atoms with Crippen LogP contribution < -0.4 is 5.32 Å². The van der Waals surface area contributed by atoms with E-state index in [1.165, 1.54) is 0 Å². The highest BCUT2D eigenvalue weighted by molar-refractivity contribution is 5.96.